The molecule has 226 valence electrons. The van der Waals surface area contributed by atoms with Crippen LogP contribution in [0.25, 0.3) is 11.1 Å². The van der Waals surface area contributed by atoms with Crippen LogP contribution in [-0.2, 0) is 36.8 Å². The van der Waals surface area contributed by atoms with E-state index in [9.17, 15) is 26.7 Å². The number of ether oxygens (including phenoxy) is 1. The molecule has 43 heavy (non-hydrogen) atoms. The first kappa shape index (κ1) is 30.2. The van der Waals surface area contributed by atoms with Crippen molar-refractivity contribution in [2.75, 3.05) is 0 Å². The molecule has 1 amide bonds. The van der Waals surface area contributed by atoms with Crippen LogP contribution in [0.3, 0.4) is 0 Å². The predicted octanol–water partition coefficient (Wildman–Crippen LogP) is 7.01. The average molecular weight is 599 g/mol. The summed E-state index contributed by atoms with van der Waals surface area (Å²) in [5.74, 6) is -1.48. The molecule has 1 aliphatic carbocycles. The van der Waals surface area contributed by atoms with Gasteiger partial charge in [0.25, 0.3) is 0 Å². The van der Waals surface area contributed by atoms with E-state index >= 15 is 0 Å². The van der Waals surface area contributed by atoms with Crippen molar-refractivity contribution >= 4 is 5.91 Å². The first-order valence-corrected chi connectivity index (χ1v) is 14.1. The van der Waals surface area contributed by atoms with Crippen LogP contribution in [0.15, 0.2) is 60.8 Å². The lowest BCUT2D eigenvalue weighted by molar-refractivity contribution is -0.142. The highest BCUT2D eigenvalue weighted by atomic mass is 19.4. The second kappa shape index (κ2) is 12.5. The van der Waals surface area contributed by atoms with E-state index in [0.717, 1.165) is 16.3 Å². The van der Waals surface area contributed by atoms with Gasteiger partial charge in [-0.2, -0.15) is 18.3 Å². The maximum atomic E-state index is 14.1. The fourth-order valence-corrected chi connectivity index (χ4v) is 5.51. The van der Waals surface area contributed by atoms with Gasteiger partial charge in [0.05, 0.1) is 17.8 Å². The van der Waals surface area contributed by atoms with Crippen LogP contribution in [0, 0.1) is 11.6 Å². The third kappa shape index (κ3) is 7.21. The summed E-state index contributed by atoms with van der Waals surface area (Å²) >= 11 is 0. The van der Waals surface area contributed by atoms with Gasteiger partial charge in [-0.25, -0.2) is 8.78 Å². The lowest BCUT2D eigenvalue weighted by Gasteiger charge is -2.22. The molecule has 2 heterocycles. The molecule has 1 atom stereocenters. The van der Waals surface area contributed by atoms with Crippen LogP contribution in [0.1, 0.15) is 60.9 Å². The van der Waals surface area contributed by atoms with E-state index in [2.05, 4.69) is 15.4 Å². The Balaban J connectivity index is 1.48. The van der Waals surface area contributed by atoms with Gasteiger partial charge in [-0.1, -0.05) is 18.2 Å². The van der Waals surface area contributed by atoms with E-state index in [1.807, 2.05) is 32.0 Å². The Morgan fingerprint density at radius 3 is 2.40 bits per heavy atom. The molecule has 4 aromatic rings. The molecular formula is C32H31F5N4O2. The van der Waals surface area contributed by atoms with Crippen LogP contribution in [-0.4, -0.2) is 26.8 Å². The number of fused-ring (bicyclic) bond motifs is 1. The maximum Gasteiger partial charge on any atom is 0.435 e. The molecule has 0 fully saturated rings. The van der Waals surface area contributed by atoms with E-state index in [-0.39, 0.29) is 30.1 Å². The first-order chi connectivity index (χ1) is 20.5. The number of carbonyl (C=O) groups excluding carboxylic acids is 1. The van der Waals surface area contributed by atoms with Crippen molar-refractivity contribution in [3.05, 3.63) is 101 Å². The van der Waals surface area contributed by atoms with Crippen LogP contribution < -0.4 is 10.1 Å². The number of hydrogen-bond donors (Lipinski definition) is 1. The number of pyridine rings is 1. The second-order valence-corrected chi connectivity index (χ2v) is 10.9. The van der Waals surface area contributed by atoms with Gasteiger partial charge in [0.2, 0.25) is 5.91 Å². The van der Waals surface area contributed by atoms with Gasteiger partial charge in [0.1, 0.15) is 23.9 Å². The number of benzene rings is 2. The fraction of sp³-hybridized carbons (Fsp3) is 0.344. The molecule has 0 aliphatic heterocycles. The van der Waals surface area contributed by atoms with Gasteiger partial charge in [-0.05, 0) is 87.4 Å². The molecule has 11 heteroatoms. The number of halogens is 5. The van der Waals surface area contributed by atoms with E-state index < -0.39 is 42.0 Å². The molecule has 2 aromatic heterocycles. The zero-order chi connectivity index (χ0) is 30.7. The Labute approximate surface area is 245 Å². The van der Waals surface area contributed by atoms with E-state index in [0.29, 0.717) is 42.0 Å². The molecule has 0 bridgehead atoms. The van der Waals surface area contributed by atoms with E-state index in [1.54, 1.807) is 24.4 Å². The molecule has 0 radical (unpaired) electrons. The number of alkyl halides is 3. The van der Waals surface area contributed by atoms with E-state index in [1.165, 1.54) is 12.1 Å². The third-order valence-corrected chi connectivity index (χ3v) is 7.22. The number of rotatable bonds is 9. The second-order valence-electron chi connectivity index (χ2n) is 10.9. The molecule has 1 N–H and O–H groups in total. The van der Waals surface area contributed by atoms with Crippen LogP contribution in [0.4, 0.5) is 22.0 Å². The molecule has 0 saturated carbocycles. The minimum Gasteiger partial charge on any atom is -0.491 e. The first-order valence-electron chi connectivity index (χ1n) is 14.1. The van der Waals surface area contributed by atoms with Crippen molar-refractivity contribution in [3.8, 4) is 16.9 Å². The summed E-state index contributed by atoms with van der Waals surface area (Å²) in [5, 5.41) is 6.65. The quantitative estimate of drug-likeness (QED) is 0.211. The maximum absolute atomic E-state index is 14.1. The highest BCUT2D eigenvalue weighted by Crippen LogP contribution is 2.36. The Morgan fingerprint density at radius 2 is 1.72 bits per heavy atom. The van der Waals surface area contributed by atoms with Gasteiger partial charge in [0.15, 0.2) is 5.69 Å². The van der Waals surface area contributed by atoms with Gasteiger partial charge in [-0.15, -0.1) is 0 Å². The van der Waals surface area contributed by atoms with Crippen molar-refractivity contribution in [2.24, 2.45) is 0 Å². The lowest BCUT2D eigenvalue weighted by Crippen LogP contribution is -2.34. The average Bonchev–Trinajstić information content (AvgIpc) is 3.31. The molecule has 0 saturated heterocycles. The van der Waals surface area contributed by atoms with Crippen LogP contribution in [0.5, 0.6) is 5.75 Å². The summed E-state index contributed by atoms with van der Waals surface area (Å²) in [4.78, 5) is 17.9. The smallest absolute Gasteiger partial charge is 0.435 e. The topological polar surface area (TPSA) is 69.0 Å². The van der Waals surface area contributed by atoms with Gasteiger partial charge in [0, 0.05) is 29.1 Å². The SMILES string of the molecule is CC(C)Oc1ccc(-c2cccnc2[C@H](Cc2cc(F)cc(F)c2)NC(=O)Cn2nc(C(F)(F)F)c3c2CCCC3)cc1. The molecular weight excluding hydrogens is 567 g/mol. The van der Waals surface area contributed by atoms with Crippen molar-refractivity contribution in [1.29, 1.82) is 0 Å². The Bertz CT molecular complexity index is 1580. The summed E-state index contributed by atoms with van der Waals surface area (Å²) < 4.78 is 76.2. The highest BCUT2D eigenvalue weighted by molar-refractivity contribution is 5.77. The van der Waals surface area contributed by atoms with Gasteiger partial charge < -0.3 is 10.1 Å². The molecule has 5 rings (SSSR count). The fourth-order valence-electron chi connectivity index (χ4n) is 5.51. The van der Waals surface area contributed by atoms with Gasteiger partial charge in [-0.3, -0.25) is 14.5 Å². The molecule has 2 aromatic carbocycles. The standard InChI is InChI=1S/C32H31F5N4O2/c1-19(2)43-24-11-9-21(10-12-24)25-7-5-13-38-30(25)27(16-20-14-22(33)17-23(34)15-20)39-29(42)18-41-28-8-4-3-6-26(28)31(40-41)32(35,36)37/h5,7,9-15,17,19,27H,3-4,6,8,16,18H2,1-2H3,(H,39,42)/t27-/m0/s1. The number of nitrogens with zero attached hydrogens (tertiary/aromatic N) is 3. The lowest BCUT2D eigenvalue weighted by atomic mass is 9.95. The third-order valence-electron chi connectivity index (χ3n) is 7.22. The zero-order valence-electron chi connectivity index (χ0n) is 23.7. The normalized spacial score (nSPS) is 14.0. The molecule has 1 aliphatic rings. The minimum absolute atomic E-state index is 0.0151. The van der Waals surface area contributed by atoms with Crippen molar-refractivity contribution in [3.63, 3.8) is 0 Å². The largest absolute Gasteiger partial charge is 0.491 e. The summed E-state index contributed by atoms with van der Waals surface area (Å²) in [5.41, 5.74) is 1.71. The number of aromatic nitrogens is 3. The summed E-state index contributed by atoms with van der Waals surface area (Å²) in [6.45, 7) is 3.38. The predicted molar refractivity (Wildman–Crippen MR) is 150 cm³/mol. The Hall–Kier alpha value is -4.28. The van der Waals surface area contributed by atoms with Crippen molar-refractivity contribution < 1.29 is 31.5 Å². The zero-order valence-corrected chi connectivity index (χ0v) is 23.7. The van der Waals surface area contributed by atoms with Crippen molar-refractivity contribution in [1.82, 2.24) is 20.1 Å². The Kier molecular flexibility index (Phi) is 8.79. The summed E-state index contributed by atoms with van der Waals surface area (Å²) in [6, 6.07) is 13.1. The summed E-state index contributed by atoms with van der Waals surface area (Å²) in [7, 11) is 0. The number of amides is 1. The highest BCUT2D eigenvalue weighted by Gasteiger charge is 2.39. The molecule has 0 spiro atoms. The van der Waals surface area contributed by atoms with Crippen LogP contribution in [0.2, 0.25) is 0 Å². The number of nitrogens with one attached hydrogen (secondary N) is 1. The molecule has 0 unspecified atom stereocenters. The van der Waals surface area contributed by atoms with Crippen LogP contribution >= 0.6 is 0 Å². The minimum atomic E-state index is -4.63. The van der Waals surface area contributed by atoms with Crippen molar-refractivity contribution in [2.45, 2.75) is 70.8 Å². The van der Waals surface area contributed by atoms with Gasteiger partial charge >= 0.3 is 6.18 Å². The number of hydrogen-bond acceptors (Lipinski definition) is 4. The van der Waals surface area contributed by atoms with E-state index in [4.69, 9.17) is 4.74 Å². The Morgan fingerprint density at radius 1 is 1.02 bits per heavy atom. The summed E-state index contributed by atoms with van der Waals surface area (Å²) in [6.07, 6.45) is -1.18. The molecule has 6 nitrogen and oxygen atoms in total. The number of carbonyl (C=O) groups is 1. The monoisotopic (exact) mass is 598 g/mol.